The summed E-state index contributed by atoms with van der Waals surface area (Å²) < 4.78 is 5.08. The summed E-state index contributed by atoms with van der Waals surface area (Å²) in [4.78, 5) is 15.1. The summed E-state index contributed by atoms with van der Waals surface area (Å²) in [6.07, 6.45) is 2.29. The molecule has 112 valence electrons. The summed E-state index contributed by atoms with van der Waals surface area (Å²) in [5.74, 6) is 5.43. The van der Waals surface area contributed by atoms with Crippen molar-refractivity contribution in [3.8, 4) is 0 Å². The van der Waals surface area contributed by atoms with Gasteiger partial charge in [0.05, 0.1) is 0 Å². The summed E-state index contributed by atoms with van der Waals surface area (Å²) in [6.45, 7) is 4.60. The fourth-order valence-corrected chi connectivity index (χ4v) is 3.05. The van der Waals surface area contributed by atoms with Crippen molar-refractivity contribution in [3.63, 3.8) is 0 Å². The molecular formula is C13H18N6OS. The first-order valence-electron chi connectivity index (χ1n) is 6.99. The molecule has 1 N–H and O–H groups in total. The van der Waals surface area contributed by atoms with Crippen LogP contribution in [-0.4, -0.2) is 51.2 Å². The van der Waals surface area contributed by atoms with Crippen LogP contribution in [0.2, 0.25) is 0 Å². The second kappa shape index (κ2) is 6.75. The van der Waals surface area contributed by atoms with Crippen molar-refractivity contribution in [2.24, 2.45) is 0 Å². The van der Waals surface area contributed by atoms with Crippen LogP contribution < -0.4 is 10.2 Å². The zero-order chi connectivity index (χ0) is 14.5. The largest absolute Gasteiger partial charge is 0.369 e. The highest BCUT2D eigenvalue weighted by Crippen LogP contribution is 2.18. The molecule has 1 aliphatic rings. The molecule has 0 unspecified atom stereocenters. The van der Waals surface area contributed by atoms with Crippen molar-refractivity contribution in [1.29, 1.82) is 0 Å². The molecule has 0 bridgehead atoms. The van der Waals surface area contributed by atoms with Crippen LogP contribution >= 0.6 is 11.8 Å². The van der Waals surface area contributed by atoms with Gasteiger partial charge in [0.1, 0.15) is 18.0 Å². The minimum atomic E-state index is 0.641. The van der Waals surface area contributed by atoms with Crippen molar-refractivity contribution in [1.82, 2.24) is 20.1 Å². The van der Waals surface area contributed by atoms with Crippen LogP contribution in [0.25, 0.3) is 0 Å². The van der Waals surface area contributed by atoms with E-state index in [4.69, 9.17) is 4.52 Å². The van der Waals surface area contributed by atoms with Gasteiger partial charge in [-0.2, -0.15) is 16.7 Å². The number of aromatic nitrogens is 4. The van der Waals surface area contributed by atoms with Crippen LogP contribution in [0.1, 0.15) is 11.7 Å². The van der Waals surface area contributed by atoms with Crippen LogP contribution in [0.15, 0.2) is 16.9 Å². The van der Waals surface area contributed by atoms with E-state index in [2.05, 4.69) is 30.3 Å². The molecule has 0 aliphatic carbocycles. The number of aryl methyl sites for hydroxylation is 1. The number of anilines is 2. The third-order valence-electron chi connectivity index (χ3n) is 3.20. The lowest BCUT2D eigenvalue weighted by atomic mass is 10.4. The maximum absolute atomic E-state index is 5.08. The number of thioether (sulfide) groups is 1. The lowest BCUT2D eigenvalue weighted by Gasteiger charge is -2.27. The zero-order valence-electron chi connectivity index (χ0n) is 11.9. The van der Waals surface area contributed by atoms with Crippen molar-refractivity contribution in [2.45, 2.75) is 13.3 Å². The first kappa shape index (κ1) is 14.1. The van der Waals surface area contributed by atoms with E-state index in [1.807, 2.05) is 24.8 Å². The molecule has 21 heavy (non-hydrogen) atoms. The van der Waals surface area contributed by atoms with E-state index in [-0.39, 0.29) is 0 Å². The van der Waals surface area contributed by atoms with Crippen LogP contribution in [0.3, 0.4) is 0 Å². The monoisotopic (exact) mass is 306 g/mol. The van der Waals surface area contributed by atoms with E-state index >= 15 is 0 Å². The average Bonchev–Trinajstić information content (AvgIpc) is 2.94. The molecule has 0 atom stereocenters. The highest BCUT2D eigenvalue weighted by Gasteiger charge is 2.13. The van der Waals surface area contributed by atoms with Crippen LogP contribution in [0, 0.1) is 6.92 Å². The molecule has 0 amide bonds. The molecule has 1 aliphatic heterocycles. The smallest absolute Gasteiger partial charge is 0.228 e. The Balaban J connectivity index is 1.55. The summed E-state index contributed by atoms with van der Waals surface area (Å²) in [5.41, 5.74) is 0. The standard InChI is InChI=1S/C13H18N6OS/c1-10-17-13(20-18-10)2-3-14-11-8-12(16-9-15-11)19-4-6-21-7-5-19/h8-9H,2-7H2,1H3,(H,14,15,16). The van der Waals surface area contributed by atoms with E-state index < -0.39 is 0 Å². The lowest BCUT2D eigenvalue weighted by molar-refractivity contribution is 0.377. The van der Waals surface area contributed by atoms with E-state index in [0.717, 1.165) is 36.2 Å². The first-order valence-corrected chi connectivity index (χ1v) is 8.14. The van der Waals surface area contributed by atoms with Crippen LogP contribution in [-0.2, 0) is 6.42 Å². The third-order valence-corrected chi connectivity index (χ3v) is 4.14. The predicted octanol–water partition coefficient (Wildman–Crippen LogP) is 1.38. The fraction of sp³-hybridized carbons (Fsp3) is 0.538. The van der Waals surface area contributed by atoms with Gasteiger partial charge >= 0.3 is 0 Å². The second-order valence-electron chi connectivity index (χ2n) is 4.77. The van der Waals surface area contributed by atoms with Crippen molar-refractivity contribution >= 4 is 23.4 Å². The van der Waals surface area contributed by atoms with Crippen molar-refractivity contribution in [3.05, 3.63) is 24.1 Å². The molecule has 1 fully saturated rings. The Morgan fingerprint density at radius 3 is 2.95 bits per heavy atom. The highest BCUT2D eigenvalue weighted by molar-refractivity contribution is 7.99. The van der Waals surface area contributed by atoms with Gasteiger partial charge in [0, 0.05) is 43.6 Å². The molecule has 7 nitrogen and oxygen atoms in total. The van der Waals surface area contributed by atoms with Gasteiger partial charge in [0.15, 0.2) is 5.82 Å². The van der Waals surface area contributed by atoms with E-state index in [0.29, 0.717) is 24.7 Å². The summed E-state index contributed by atoms with van der Waals surface area (Å²) >= 11 is 1.99. The molecule has 1 saturated heterocycles. The Bertz CT molecular complexity index is 584. The van der Waals surface area contributed by atoms with E-state index in [9.17, 15) is 0 Å². The SMILES string of the molecule is Cc1noc(CCNc2cc(N3CCSCC3)ncn2)n1. The maximum Gasteiger partial charge on any atom is 0.228 e. The Morgan fingerprint density at radius 1 is 1.33 bits per heavy atom. The quantitative estimate of drug-likeness (QED) is 0.887. The Labute approximate surface area is 127 Å². The van der Waals surface area contributed by atoms with E-state index in [1.54, 1.807) is 6.33 Å². The van der Waals surface area contributed by atoms with Gasteiger partial charge in [-0.1, -0.05) is 5.16 Å². The highest BCUT2D eigenvalue weighted by atomic mass is 32.2. The topological polar surface area (TPSA) is 80.0 Å². The van der Waals surface area contributed by atoms with Gasteiger partial charge < -0.3 is 14.7 Å². The summed E-state index contributed by atoms with van der Waals surface area (Å²) in [6, 6.07) is 2.00. The van der Waals surface area contributed by atoms with Gasteiger partial charge in [-0.15, -0.1) is 0 Å². The van der Waals surface area contributed by atoms with E-state index in [1.165, 1.54) is 0 Å². The number of hydrogen-bond donors (Lipinski definition) is 1. The average molecular weight is 306 g/mol. The summed E-state index contributed by atoms with van der Waals surface area (Å²) in [7, 11) is 0. The molecule has 2 aromatic rings. The number of nitrogens with zero attached hydrogens (tertiary/aromatic N) is 5. The minimum Gasteiger partial charge on any atom is -0.369 e. The third kappa shape index (κ3) is 3.84. The molecular weight excluding hydrogens is 288 g/mol. The molecule has 3 rings (SSSR count). The Hall–Kier alpha value is -1.83. The zero-order valence-corrected chi connectivity index (χ0v) is 12.8. The molecule has 2 aromatic heterocycles. The minimum absolute atomic E-state index is 0.641. The molecule has 0 spiro atoms. The number of nitrogens with one attached hydrogen (secondary N) is 1. The van der Waals surface area contributed by atoms with Crippen LogP contribution in [0.4, 0.5) is 11.6 Å². The first-order chi connectivity index (χ1) is 10.3. The molecule has 0 aromatic carbocycles. The molecule has 0 radical (unpaired) electrons. The van der Waals surface area contributed by atoms with Gasteiger partial charge in [0.25, 0.3) is 0 Å². The maximum atomic E-state index is 5.08. The molecule has 0 saturated carbocycles. The number of rotatable bonds is 5. The van der Waals surface area contributed by atoms with Gasteiger partial charge in [0.2, 0.25) is 5.89 Å². The van der Waals surface area contributed by atoms with Crippen molar-refractivity contribution in [2.75, 3.05) is 41.4 Å². The normalized spacial score (nSPS) is 15.2. The number of hydrogen-bond acceptors (Lipinski definition) is 8. The summed E-state index contributed by atoms with van der Waals surface area (Å²) in [5, 5.41) is 7.04. The van der Waals surface area contributed by atoms with Gasteiger partial charge in [-0.25, -0.2) is 9.97 Å². The predicted molar refractivity (Wildman–Crippen MR) is 82.8 cm³/mol. The second-order valence-corrected chi connectivity index (χ2v) is 6.00. The lowest BCUT2D eigenvalue weighted by Crippen LogP contribution is -2.33. The van der Waals surface area contributed by atoms with Crippen molar-refractivity contribution < 1.29 is 4.52 Å². The molecule has 8 heteroatoms. The Morgan fingerprint density at radius 2 is 2.19 bits per heavy atom. The van der Waals surface area contributed by atoms with Gasteiger partial charge in [-0.05, 0) is 6.92 Å². The fourth-order valence-electron chi connectivity index (χ4n) is 2.15. The van der Waals surface area contributed by atoms with Gasteiger partial charge in [-0.3, -0.25) is 0 Å². The Kier molecular flexibility index (Phi) is 4.54. The molecule has 3 heterocycles. The van der Waals surface area contributed by atoms with Crippen LogP contribution in [0.5, 0.6) is 0 Å².